The van der Waals surface area contributed by atoms with Gasteiger partial charge in [-0.1, -0.05) is 11.6 Å². The summed E-state index contributed by atoms with van der Waals surface area (Å²) in [5.41, 5.74) is 4.86. The maximum Gasteiger partial charge on any atom is 0.221 e. The second kappa shape index (κ2) is 5.56. The number of aryl methyl sites for hydroxylation is 2. The monoisotopic (exact) mass is 291 g/mol. The third kappa shape index (κ3) is 2.81. The Morgan fingerprint density at radius 1 is 1.09 bits per heavy atom. The molecule has 1 heterocycles. The lowest BCUT2D eigenvalue weighted by atomic mass is 10.1. The van der Waals surface area contributed by atoms with Crippen LogP contribution in [0.1, 0.15) is 18.1 Å². The van der Waals surface area contributed by atoms with Gasteiger partial charge in [-0.25, -0.2) is 9.97 Å². The Labute approximate surface area is 129 Å². The van der Waals surface area contributed by atoms with E-state index in [2.05, 4.69) is 28.3 Å². The first-order valence-electron chi connectivity index (χ1n) is 7.15. The van der Waals surface area contributed by atoms with Crippen molar-refractivity contribution >= 4 is 22.5 Å². The van der Waals surface area contributed by atoms with Gasteiger partial charge in [0.25, 0.3) is 0 Å². The zero-order valence-electron chi connectivity index (χ0n) is 12.8. The second-order valence-electron chi connectivity index (χ2n) is 5.47. The van der Waals surface area contributed by atoms with E-state index in [4.69, 9.17) is 0 Å². The van der Waals surface area contributed by atoms with Crippen molar-refractivity contribution in [1.29, 1.82) is 0 Å². The topological polar surface area (TPSA) is 54.9 Å². The van der Waals surface area contributed by atoms with Crippen LogP contribution in [0.4, 0.5) is 5.69 Å². The van der Waals surface area contributed by atoms with Gasteiger partial charge >= 0.3 is 0 Å². The van der Waals surface area contributed by atoms with Gasteiger partial charge in [0.2, 0.25) is 5.91 Å². The first-order valence-corrected chi connectivity index (χ1v) is 7.15. The maximum absolute atomic E-state index is 11.2. The number of anilines is 1. The minimum Gasteiger partial charge on any atom is -0.326 e. The van der Waals surface area contributed by atoms with Gasteiger partial charge in [-0.15, -0.1) is 0 Å². The van der Waals surface area contributed by atoms with E-state index in [-0.39, 0.29) is 5.91 Å². The molecule has 3 rings (SSSR count). The maximum atomic E-state index is 11.2. The number of amides is 1. The molecule has 0 aliphatic heterocycles. The average molecular weight is 291 g/mol. The van der Waals surface area contributed by atoms with Crippen LogP contribution in [0.15, 0.2) is 42.6 Å². The Morgan fingerprint density at radius 3 is 2.64 bits per heavy atom. The van der Waals surface area contributed by atoms with Crippen LogP contribution in [0.25, 0.3) is 22.3 Å². The summed E-state index contributed by atoms with van der Waals surface area (Å²) < 4.78 is 0. The Balaban J connectivity index is 2.02. The molecule has 1 amide bonds. The van der Waals surface area contributed by atoms with Crippen molar-refractivity contribution in [2.75, 3.05) is 5.32 Å². The summed E-state index contributed by atoms with van der Waals surface area (Å²) in [4.78, 5) is 20.2. The molecule has 0 atom stereocenters. The molecule has 1 N–H and O–H groups in total. The molecule has 0 bridgehead atoms. The van der Waals surface area contributed by atoms with Crippen molar-refractivity contribution in [2.45, 2.75) is 20.8 Å². The summed E-state index contributed by atoms with van der Waals surface area (Å²) in [6, 6.07) is 11.9. The predicted octanol–water partition coefficient (Wildman–Crippen LogP) is 3.87. The number of aromatic nitrogens is 2. The summed E-state index contributed by atoms with van der Waals surface area (Å²) in [7, 11) is 0. The van der Waals surface area contributed by atoms with E-state index in [9.17, 15) is 4.79 Å². The molecule has 0 spiro atoms. The van der Waals surface area contributed by atoms with Crippen LogP contribution in [0, 0.1) is 13.8 Å². The highest BCUT2D eigenvalue weighted by Crippen LogP contribution is 2.24. The van der Waals surface area contributed by atoms with Gasteiger partial charge in [-0.3, -0.25) is 4.79 Å². The van der Waals surface area contributed by atoms with Crippen molar-refractivity contribution in [3.05, 3.63) is 53.7 Å². The first kappa shape index (κ1) is 14.2. The molecule has 22 heavy (non-hydrogen) atoms. The molecule has 0 unspecified atom stereocenters. The van der Waals surface area contributed by atoms with E-state index in [0.717, 1.165) is 27.7 Å². The quantitative estimate of drug-likeness (QED) is 0.779. The molecule has 3 aromatic rings. The molecule has 1 aromatic heterocycles. The van der Waals surface area contributed by atoms with Gasteiger partial charge in [0.05, 0.1) is 5.52 Å². The van der Waals surface area contributed by atoms with E-state index in [1.165, 1.54) is 12.5 Å². The van der Waals surface area contributed by atoms with Crippen molar-refractivity contribution in [3.8, 4) is 11.4 Å². The van der Waals surface area contributed by atoms with E-state index >= 15 is 0 Å². The van der Waals surface area contributed by atoms with Gasteiger partial charge in [0, 0.05) is 29.8 Å². The fourth-order valence-corrected chi connectivity index (χ4v) is 2.42. The summed E-state index contributed by atoms with van der Waals surface area (Å²) in [6.45, 7) is 5.51. The Bertz CT molecular complexity index is 871. The standard InChI is InChI=1S/C18H17N3O/c1-11-4-6-17-15(8-11)10-19-18(21-17)14-5-7-16(12(2)9-14)20-13(3)22/h4-10H,1-3H3,(H,20,22). The zero-order chi connectivity index (χ0) is 15.7. The summed E-state index contributed by atoms with van der Waals surface area (Å²) in [5, 5.41) is 3.85. The number of benzene rings is 2. The fraction of sp³-hybridized carbons (Fsp3) is 0.167. The number of hydrogen-bond acceptors (Lipinski definition) is 3. The van der Waals surface area contributed by atoms with Crippen LogP contribution < -0.4 is 5.32 Å². The molecule has 0 aliphatic rings. The summed E-state index contributed by atoms with van der Waals surface area (Å²) in [6.07, 6.45) is 1.85. The van der Waals surface area contributed by atoms with Crippen molar-refractivity contribution in [3.63, 3.8) is 0 Å². The molecular weight excluding hydrogens is 274 g/mol. The molecule has 0 radical (unpaired) electrons. The second-order valence-corrected chi connectivity index (χ2v) is 5.47. The highest BCUT2D eigenvalue weighted by atomic mass is 16.1. The molecular formula is C18H17N3O. The molecule has 2 aromatic carbocycles. The van der Waals surface area contributed by atoms with Gasteiger partial charge in [-0.05, 0) is 49.7 Å². The van der Waals surface area contributed by atoms with Crippen LogP contribution >= 0.6 is 0 Å². The molecule has 110 valence electrons. The fourth-order valence-electron chi connectivity index (χ4n) is 2.42. The lowest BCUT2D eigenvalue weighted by Gasteiger charge is -2.09. The van der Waals surface area contributed by atoms with Crippen LogP contribution in [-0.2, 0) is 4.79 Å². The van der Waals surface area contributed by atoms with Gasteiger partial charge in [-0.2, -0.15) is 0 Å². The van der Waals surface area contributed by atoms with E-state index in [1.807, 2.05) is 43.5 Å². The van der Waals surface area contributed by atoms with E-state index in [1.54, 1.807) is 0 Å². The van der Waals surface area contributed by atoms with Crippen molar-refractivity contribution in [1.82, 2.24) is 9.97 Å². The Kier molecular flexibility index (Phi) is 3.59. The highest BCUT2D eigenvalue weighted by Gasteiger charge is 2.07. The smallest absolute Gasteiger partial charge is 0.221 e. The summed E-state index contributed by atoms with van der Waals surface area (Å²) >= 11 is 0. The average Bonchev–Trinajstić information content (AvgIpc) is 2.48. The molecule has 0 aliphatic carbocycles. The van der Waals surface area contributed by atoms with Crippen LogP contribution in [0.2, 0.25) is 0 Å². The zero-order valence-corrected chi connectivity index (χ0v) is 12.8. The normalized spacial score (nSPS) is 10.7. The third-order valence-corrected chi connectivity index (χ3v) is 3.53. The number of nitrogens with zero attached hydrogens (tertiary/aromatic N) is 2. The number of nitrogens with one attached hydrogen (secondary N) is 1. The Morgan fingerprint density at radius 2 is 1.91 bits per heavy atom. The molecule has 0 saturated heterocycles. The molecule has 0 saturated carbocycles. The lowest BCUT2D eigenvalue weighted by Crippen LogP contribution is -2.07. The van der Waals surface area contributed by atoms with E-state index < -0.39 is 0 Å². The number of fused-ring (bicyclic) bond motifs is 1. The summed E-state index contributed by atoms with van der Waals surface area (Å²) in [5.74, 6) is 0.613. The Hall–Kier alpha value is -2.75. The molecule has 4 heteroatoms. The van der Waals surface area contributed by atoms with Crippen LogP contribution in [-0.4, -0.2) is 15.9 Å². The minimum atomic E-state index is -0.0758. The predicted molar refractivity (Wildman–Crippen MR) is 88.8 cm³/mol. The van der Waals surface area contributed by atoms with Gasteiger partial charge < -0.3 is 5.32 Å². The SMILES string of the molecule is CC(=O)Nc1ccc(-c2ncc3cc(C)ccc3n2)cc1C. The highest BCUT2D eigenvalue weighted by molar-refractivity contribution is 5.90. The molecule has 4 nitrogen and oxygen atoms in total. The lowest BCUT2D eigenvalue weighted by molar-refractivity contribution is -0.114. The van der Waals surface area contributed by atoms with Gasteiger partial charge in [0.1, 0.15) is 0 Å². The van der Waals surface area contributed by atoms with E-state index in [0.29, 0.717) is 5.82 Å². The number of carbonyl (C=O) groups is 1. The number of hydrogen-bond donors (Lipinski definition) is 1. The van der Waals surface area contributed by atoms with Crippen LogP contribution in [0.3, 0.4) is 0 Å². The van der Waals surface area contributed by atoms with Gasteiger partial charge in [0.15, 0.2) is 5.82 Å². The van der Waals surface area contributed by atoms with Crippen molar-refractivity contribution in [2.24, 2.45) is 0 Å². The first-order chi connectivity index (χ1) is 10.5. The molecule has 0 fully saturated rings. The van der Waals surface area contributed by atoms with Crippen molar-refractivity contribution < 1.29 is 4.79 Å². The largest absolute Gasteiger partial charge is 0.326 e. The number of rotatable bonds is 2. The number of carbonyl (C=O) groups excluding carboxylic acids is 1. The third-order valence-electron chi connectivity index (χ3n) is 3.53. The van der Waals surface area contributed by atoms with Crippen LogP contribution in [0.5, 0.6) is 0 Å². The minimum absolute atomic E-state index is 0.0758.